The van der Waals surface area contributed by atoms with Crippen molar-refractivity contribution in [1.82, 2.24) is 5.32 Å². The largest absolute Gasteiger partial charge is 0.465 e. The first kappa shape index (κ1) is 32.2. The van der Waals surface area contributed by atoms with Crippen molar-refractivity contribution in [2.75, 3.05) is 26.3 Å². The normalized spacial score (nSPS) is 11.1. The molecule has 0 aliphatic carbocycles. The Balaban J connectivity index is 0.000000420. The first-order valence-corrected chi connectivity index (χ1v) is 12.9. The van der Waals surface area contributed by atoms with Crippen LogP contribution < -0.4 is 5.32 Å². The first-order valence-electron chi connectivity index (χ1n) is 9.95. The number of carbonyl (C=O) groups is 3. The number of esters is 1. The summed E-state index contributed by atoms with van der Waals surface area (Å²) in [6.45, 7) is 1.85. The molecule has 2 rings (SSSR count). The van der Waals surface area contributed by atoms with Gasteiger partial charge in [0.05, 0.1) is 23.2 Å². The molecule has 0 aliphatic rings. The van der Waals surface area contributed by atoms with E-state index in [9.17, 15) is 29.4 Å². The lowest BCUT2D eigenvalue weighted by Gasteiger charge is -2.16. The van der Waals surface area contributed by atoms with E-state index in [0.29, 0.717) is 13.4 Å². The Bertz CT molecular complexity index is 1150. The zero-order valence-corrected chi connectivity index (χ0v) is 24.3. The Morgan fingerprint density at radius 1 is 1.22 bits per heavy atom. The van der Waals surface area contributed by atoms with Gasteiger partial charge in [0, 0.05) is 37.4 Å². The van der Waals surface area contributed by atoms with Crippen LogP contribution >= 0.6 is 68.4 Å². The van der Waals surface area contributed by atoms with Crippen LogP contribution in [0.1, 0.15) is 27.6 Å². The second kappa shape index (κ2) is 16.1. The number of hydrogen-bond acceptors (Lipinski definition) is 10. The van der Waals surface area contributed by atoms with Crippen LogP contribution in [0.3, 0.4) is 0 Å². The van der Waals surface area contributed by atoms with Crippen molar-refractivity contribution in [3.63, 3.8) is 0 Å². The number of rotatable bonds is 11. The highest BCUT2D eigenvalue weighted by molar-refractivity contribution is 14.1. The lowest BCUT2D eigenvalue weighted by Crippen LogP contribution is -2.37. The molecule has 1 unspecified atom stereocenters. The van der Waals surface area contributed by atoms with Crippen molar-refractivity contribution in [3.8, 4) is 0 Å². The molecule has 194 valence electrons. The fraction of sp³-hybridized carbons (Fsp3) is 0.286. The van der Waals surface area contributed by atoms with Crippen LogP contribution in [0.25, 0.3) is 0 Å². The highest BCUT2D eigenvalue weighted by Crippen LogP contribution is 2.32. The number of halogens is 4. The number of Topliss-reactive ketones (excluding diaryl/α,β-unsaturated/α-hetero) is 1. The summed E-state index contributed by atoms with van der Waals surface area (Å²) < 4.78 is 6.11. The van der Waals surface area contributed by atoms with Crippen LogP contribution in [0.15, 0.2) is 29.4 Å². The summed E-state index contributed by atoms with van der Waals surface area (Å²) in [5.74, 6) is -2.39. The van der Waals surface area contributed by atoms with Crippen LogP contribution in [-0.2, 0) is 9.53 Å². The fourth-order valence-electron chi connectivity index (χ4n) is 2.67. The molecule has 0 spiro atoms. The highest BCUT2D eigenvalue weighted by Gasteiger charge is 2.31. The molecule has 0 saturated heterocycles. The van der Waals surface area contributed by atoms with Crippen LogP contribution in [0.4, 0.5) is 11.4 Å². The van der Waals surface area contributed by atoms with E-state index in [4.69, 9.17) is 33.0 Å². The molecule has 0 heterocycles. The fourth-order valence-corrected chi connectivity index (χ4v) is 4.37. The molecule has 0 fully saturated rings. The van der Waals surface area contributed by atoms with Crippen molar-refractivity contribution < 1.29 is 29.2 Å². The van der Waals surface area contributed by atoms with Gasteiger partial charge in [-0.25, -0.2) is 0 Å². The summed E-state index contributed by atoms with van der Waals surface area (Å²) in [5, 5.41) is 24.6. The van der Waals surface area contributed by atoms with Gasteiger partial charge in [-0.15, -0.1) is 4.91 Å². The van der Waals surface area contributed by atoms with E-state index in [0.717, 1.165) is 0 Å². The number of nitro benzene ring substituents is 1. The van der Waals surface area contributed by atoms with Crippen molar-refractivity contribution >= 4 is 97.8 Å². The molecule has 2 aromatic rings. The van der Waals surface area contributed by atoms with Gasteiger partial charge >= 0.3 is 5.97 Å². The van der Waals surface area contributed by atoms with E-state index >= 15 is 0 Å². The first-order chi connectivity index (χ1) is 17.0. The average molecular weight is 766 g/mol. The number of aliphatic hydroxyl groups is 1. The smallest absolute Gasteiger partial charge is 0.318 e. The summed E-state index contributed by atoms with van der Waals surface area (Å²) in [6, 6.07) is 5.73. The Morgan fingerprint density at radius 3 is 2.39 bits per heavy atom. The Hall–Kier alpha value is -1.79. The van der Waals surface area contributed by atoms with Crippen LogP contribution in [-0.4, -0.2) is 54.4 Å². The molecule has 0 amide bonds. The molecular formula is C21H19Cl2I2N3O8. The summed E-state index contributed by atoms with van der Waals surface area (Å²) in [4.78, 5) is 55.8. The maximum atomic E-state index is 12.7. The van der Waals surface area contributed by atoms with E-state index in [2.05, 4.69) is 10.5 Å². The molecule has 2 N–H and O–H groups in total. The summed E-state index contributed by atoms with van der Waals surface area (Å²) in [5.41, 5.74) is -0.124. The molecule has 36 heavy (non-hydrogen) atoms. The SMILES string of the molecule is CCOC(=O)C(CNCCO)C(=O)c1cc(I)cc(N=O)c1Cl.O=Cc1cc(I)cc([N+](=O)[O-])c1Cl. The summed E-state index contributed by atoms with van der Waals surface area (Å²) in [6.07, 6.45) is 0.498. The number of ether oxygens (including phenoxy) is 1. The monoisotopic (exact) mass is 765 g/mol. The number of benzene rings is 2. The van der Waals surface area contributed by atoms with E-state index in [1.165, 1.54) is 24.3 Å². The predicted octanol–water partition coefficient (Wildman–Crippen LogP) is 4.95. The molecule has 0 radical (unpaired) electrons. The molecule has 0 aliphatic heterocycles. The molecule has 1 atom stereocenters. The van der Waals surface area contributed by atoms with Gasteiger partial charge in [0.15, 0.2) is 12.1 Å². The van der Waals surface area contributed by atoms with Crippen LogP contribution in [0.2, 0.25) is 10.0 Å². The van der Waals surface area contributed by atoms with Gasteiger partial charge < -0.3 is 15.2 Å². The predicted molar refractivity (Wildman–Crippen MR) is 150 cm³/mol. The van der Waals surface area contributed by atoms with Gasteiger partial charge in [-0.1, -0.05) is 23.2 Å². The summed E-state index contributed by atoms with van der Waals surface area (Å²) >= 11 is 15.4. The van der Waals surface area contributed by atoms with Gasteiger partial charge in [-0.3, -0.25) is 24.5 Å². The number of aldehydes is 1. The van der Waals surface area contributed by atoms with Gasteiger partial charge in [0.1, 0.15) is 16.6 Å². The lowest BCUT2D eigenvalue weighted by atomic mass is 9.97. The Morgan fingerprint density at radius 2 is 1.86 bits per heavy atom. The molecule has 2 aromatic carbocycles. The minimum absolute atomic E-state index is 0.0100. The lowest BCUT2D eigenvalue weighted by molar-refractivity contribution is -0.384. The number of aliphatic hydroxyl groups excluding tert-OH is 1. The molecule has 0 bridgehead atoms. The number of nitrogens with zero attached hydrogens (tertiary/aromatic N) is 2. The number of nitrogens with one attached hydrogen (secondary N) is 1. The van der Waals surface area contributed by atoms with Gasteiger partial charge in [0.25, 0.3) is 5.69 Å². The molecule has 0 saturated carbocycles. The number of nitro groups is 1. The quantitative estimate of drug-likeness (QED) is 0.0371. The van der Waals surface area contributed by atoms with E-state index in [1.54, 1.807) is 6.92 Å². The van der Waals surface area contributed by atoms with Crippen molar-refractivity contribution in [2.24, 2.45) is 11.1 Å². The molecular weight excluding hydrogens is 747 g/mol. The second-order valence-electron chi connectivity index (χ2n) is 6.68. The number of carbonyl (C=O) groups excluding carboxylic acids is 3. The highest BCUT2D eigenvalue weighted by atomic mass is 127. The third-order valence-electron chi connectivity index (χ3n) is 4.28. The van der Waals surface area contributed by atoms with Crippen LogP contribution in [0, 0.1) is 28.1 Å². The van der Waals surface area contributed by atoms with Gasteiger partial charge in [-0.2, -0.15) is 0 Å². The maximum absolute atomic E-state index is 12.7. The maximum Gasteiger partial charge on any atom is 0.318 e. The van der Waals surface area contributed by atoms with Gasteiger partial charge in [0.2, 0.25) is 0 Å². The number of ketones is 1. The standard InChI is InChI=1S/C14H16ClIN2O5.C7H3ClINO3/c1-2-23-14(21)10(7-17-3-4-19)13(20)9-5-8(16)6-11(18-22)12(9)15;8-7-4(3-11)1-5(9)2-6(7)10(12)13/h5-6,10,17,19H,2-4,7H2,1H3;1-3H. The minimum Gasteiger partial charge on any atom is -0.465 e. The third kappa shape index (κ3) is 9.26. The van der Waals surface area contributed by atoms with E-state index < -0.39 is 22.6 Å². The minimum atomic E-state index is -1.13. The Kier molecular flexibility index (Phi) is 14.4. The molecule has 11 nitrogen and oxygen atoms in total. The third-order valence-corrected chi connectivity index (χ3v) is 6.33. The van der Waals surface area contributed by atoms with Crippen molar-refractivity contribution in [1.29, 1.82) is 0 Å². The topological polar surface area (TPSA) is 165 Å². The molecule has 15 heteroatoms. The van der Waals surface area contributed by atoms with Crippen molar-refractivity contribution in [2.45, 2.75) is 6.92 Å². The van der Waals surface area contributed by atoms with E-state index in [-0.39, 0.29) is 58.9 Å². The second-order valence-corrected chi connectivity index (χ2v) is 9.92. The van der Waals surface area contributed by atoms with Crippen molar-refractivity contribution in [3.05, 3.63) is 67.6 Å². The Labute approximate surface area is 242 Å². The zero-order chi connectivity index (χ0) is 27.4. The summed E-state index contributed by atoms with van der Waals surface area (Å²) in [7, 11) is 0. The van der Waals surface area contributed by atoms with Crippen LogP contribution in [0.5, 0.6) is 0 Å². The number of nitroso groups, excluding NO2 is 1. The zero-order valence-electron chi connectivity index (χ0n) is 18.5. The number of hydrogen-bond donors (Lipinski definition) is 2. The molecule has 0 aromatic heterocycles. The average Bonchev–Trinajstić information content (AvgIpc) is 2.84. The van der Waals surface area contributed by atoms with Gasteiger partial charge in [-0.05, 0) is 75.5 Å². The van der Waals surface area contributed by atoms with E-state index in [1.807, 2.05) is 45.2 Å².